The minimum atomic E-state index is -0.709. The van der Waals surface area contributed by atoms with Crippen LogP contribution in [-0.2, 0) is 5.41 Å². The van der Waals surface area contributed by atoms with Gasteiger partial charge in [0.25, 0.3) is 5.56 Å². The Morgan fingerprint density at radius 2 is 1.75 bits per heavy atom. The minimum absolute atomic E-state index is 0.0279. The molecular weight excluding hydrogens is 469 g/mol. The first-order valence-electron chi connectivity index (χ1n) is 9.80. The van der Waals surface area contributed by atoms with Gasteiger partial charge in [-0.25, -0.2) is 4.79 Å². The van der Waals surface area contributed by atoms with E-state index >= 15 is 0 Å². The summed E-state index contributed by atoms with van der Waals surface area (Å²) in [6, 6.07) is 12.4. The van der Waals surface area contributed by atoms with Crippen LogP contribution in [0, 0.1) is 6.92 Å². The third kappa shape index (κ3) is 3.01. The number of pyridine rings is 1. The maximum atomic E-state index is 13.6. The van der Waals surface area contributed by atoms with E-state index in [0.29, 0.717) is 21.4 Å². The fourth-order valence-electron chi connectivity index (χ4n) is 4.24. The molecule has 3 heterocycles. The highest BCUT2D eigenvalue weighted by atomic mass is 35.5. The number of hydrogen-bond donors (Lipinski definition) is 1. The molecule has 2 aromatic heterocycles. The normalized spacial score (nSPS) is 13.9. The molecule has 0 radical (unpaired) electrons. The predicted molar refractivity (Wildman–Crippen MR) is 127 cm³/mol. The molecule has 0 atom stereocenters. The van der Waals surface area contributed by atoms with Gasteiger partial charge in [-0.3, -0.25) is 9.36 Å². The molecular formula is C24H17Cl2NO4S. The zero-order valence-corrected chi connectivity index (χ0v) is 19.7. The summed E-state index contributed by atoms with van der Waals surface area (Å²) in [6.45, 7) is 5.81. The zero-order valence-electron chi connectivity index (χ0n) is 17.3. The fourth-order valence-corrected chi connectivity index (χ4v) is 5.79. The fraction of sp³-hybridized carbons (Fsp3) is 0.167. The number of aromatic hydroxyl groups is 1. The summed E-state index contributed by atoms with van der Waals surface area (Å²) in [5, 5.41) is 11.8. The SMILES string of the molecule is Cc1ccc(Sc2c(O)c3c(=O)n4c(cc3oc2=O)C(C)(C)c2c(Cl)cc(Cl)cc2-4)cc1. The number of aryl methyl sites for hydroxylation is 1. The van der Waals surface area contributed by atoms with E-state index < -0.39 is 22.3 Å². The molecule has 0 aliphatic carbocycles. The summed E-state index contributed by atoms with van der Waals surface area (Å²) in [7, 11) is 0. The summed E-state index contributed by atoms with van der Waals surface area (Å²) < 4.78 is 6.99. The van der Waals surface area contributed by atoms with Crippen molar-refractivity contribution in [1.29, 1.82) is 0 Å². The van der Waals surface area contributed by atoms with Crippen molar-refractivity contribution < 1.29 is 9.52 Å². The highest BCUT2D eigenvalue weighted by Gasteiger charge is 2.40. The van der Waals surface area contributed by atoms with E-state index in [1.165, 1.54) is 4.57 Å². The van der Waals surface area contributed by atoms with Crippen molar-refractivity contribution in [3.63, 3.8) is 0 Å². The van der Waals surface area contributed by atoms with E-state index in [2.05, 4.69) is 0 Å². The van der Waals surface area contributed by atoms with E-state index in [-0.39, 0.29) is 15.9 Å². The largest absolute Gasteiger partial charge is 0.505 e. The Hall–Kier alpha value is -2.67. The van der Waals surface area contributed by atoms with Gasteiger partial charge in [0.05, 0.1) is 5.69 Å². The highest BCUT2D eigenvalue weighted by molar-refractivity contribution is 7.99. The smallest absolute Gasteiger partial charge is 0.354 e. The first kappa shape index (κ1) is 21.2. The molecule has 162 valence electrons. The van der Waals surface area contributed by atoms with E-state index in [1.54, 1.807) is 18.2 Å². The molecule has 8 heteroatoms. The molecule has 0 fully saturated rings. The number of hydrogen-bond acceptors (Lipinski definition) is 5. The molecule has 0 bridgehead atoms. The first-order chi connectivity index (χ1) is 15.1. The van der Waals surface area contributed by atoms with Crippen LogP contribution in [0.4, 0.5) is 0 Å². The van der Waals surface area contributed by atoms with Gasteiger partial charge in [0.1, 0.15) is 15.9 Å². The highest BCUT2D eigenvalue weighted by Crippen LogP contribution is 2.47. The standard InChI is InChI=1S/C24H17Cl2NO4S/c1-11-4-6-13(7-5-11)32-21-20(28)18-16(31-23(21)30)10-17-24(2,3)19-14(26)8-12(25)9-15(19)27(17)22(18)29/h4-10,28H,1-3H3. The van der Waals surface area contributed by atoms with Crippen LogP contribution in [0.2, 0.25) is 10.0 Å². The van der Waals surface area contributed by atoms with Crippen LogP contribution in [0.5, 0.6) is 5.75 Å². The molecule has 0 amide bonds. The van der Waals surface area contributed by atoms with Crippen LogP contribution in [-0.4, -0.2) is 9.67 Å². The number of halogens is 2. The van der Waals surface area contributed by atoms with Gasteiger partial charge in [0.15, 0.2) is 5.75 Å². The Bertz CT molecular complexity index is 1550. The van der Waals surface area contributed by atoms with Gasteiger partial charge in [-0.1, -0.05) is 66.5 Å². The average molecular weight is 486 g/mol. The number of nitrogens with zero attached hydrogens (tertiary/aromatic N) is 1. The van der Waals surface area contributed by atoms with Gasteiger partial charge in [0, 0.05) is 37.7 Å². The van der Waals surface area contributed by atoms with Crippen LogP contribution in [0.1, 0.15) is 30.7 Å². The summed E-state index contributed by atoms with van der Waals surface area (Å²) >= 11 is 13.8. The van der Waals surface area contributed by atoms with E-state index in [1.807, 2.05) is 45.0 Å². The minimum Gasteiger partial charge on any atom is -0.505 e. The molecule has 4 aromatic rings. The molecule has 0 spiro atoms. The summed E-state index contributed by atoms with van der Waals surface area (Å²) in [5.74, 6) is -0.401. The second-order valence-electron chi connectivity index (χ2n) is 8.30. The van der Waals surface area contributed by atoms with Crippen LogP contribution < -0.4 is 11.2 Å². The van der Waals surface area contributed by atoms with Gasteiger partial charge >= 0.3 is 5.63 Å². The van der Waals surface area contributed by atoms with E-state index in [0.717, 1.165) is 27.8 Å². The number of aromatic nitrogens is 1. The monoisotopic (exact) mass is 485 g/mol. The third-order valence-corrected chi connectivity index (χ3v) is 7.38. The second-order valence-corrected chi connectivity index (χ2v) is 10.2. The summed E-state index contributed by atoms with van der Waals surface area (Å²) in [5.41, 5.74) is 1.12. The van der Waals surface area contributed by atoms with Crippen LogP contribution in [0.15, 0.2) is 66.3 Å². The van der Waals surface area contributed by atoms with Gasteiger partial charge in [-0.2, -0.15) is 0 Å². The molecule has 1 N–H and O–H groups in total. The van der Waals surface area contributed by atoms with Crippen LogP contribution in [0.25, 0.3) is 16.7 Å². The van der Waals surface area contributed by atoms with Crippen molar-refractivity contribution >= 4 is 45.9 Å². The molecule has 0 unspecified atom stereocenters. The van der Waals surface area contributed by atoms with Crippen molar-refractivity contribution in [1.82, 2.24) is 4.57 Å². The first-order valence-corrected chi connectivity index (χ1v) is 11.4. The summed E-state index contributed by atoms with van der Waals surface area (Å²) in [4.78, 5) is 27.0. The second kappa shape index (κ2) is 7.17. The molecule has 5 nitrogen and oxygen atoms in total. The van der Waals surface area contributed by atoms with Crippen molar-refractivity contribution in [3.8, 4) is 11.4 Å². The van der Waals surface area contributed by atoms with Gasteiger partial charge in [-0.15, -0.1) is 0 Å². The van der Waals surface area contributed by atoms with E-state index in [4.69, 9.17) is 27.6 Å². The van der Waals surface area contributed by atoms with Crippen molar-refractivity contribution in [2.45, 2.75) is 36.0 Å². The maximum Gasteiger partial charge on any atom is 0.354 e. The van der Waals surface area contributed by atoms with Gasteiger partial charge < -0.3 is 9.52 Å². The Morgan fingerprint density at radius 3 is 2.44 bits per heavy atom. The number of benzene rings is 2. The molecule has 0 saturated heterocycles. The molecule has 1 aliphatic rings. The molecule has 1 aliphatic heterocycles. The Balaban J connectivity index is 1.81. The van der Waals surface area contributed by atoms with E-state index in [9.17, 15) is 14.7 Å². The average Bonchev–Trinajstić information content (AvgIpc) is 2.93. The number of rotatable bonds is 2. The zero-order chi connectivity index (χ0) is 22.9. The van der Waals surface area contributed by atoms with Crippen LogP contribution in [0.3, 0.4) is 0 Å². The number of fused-ring (bicyclic) bond motifs is 4. The predicted octanol–water partition coefficient (Wildman–Crippen LogP) is 6.06. The van der Waals surface area contributed by atoms with Gasteiger partial charge in [-0.05, 0) is 31.2 Å². The molecule has 32 heavy (non-hydrogen) atoms. The third-order valence-electron chi connectivity index (χ3n) is 5.79. The van der Waals surface area contributed by atoms with Crippen molar-refractivity contribution in [2.24, 2.45) is 0 Å². The lowest BCUT2D eigenvalue weighted by Crippen LogP contribution is -2.24. The Kier molecular flexibility index (Phi) is 4.75. The molecule has 0 saturated carbocycles. The topological polar surface area (TPSA) is 72.4 Å². The Morgan fingerprint density at radius 1 is 1.06 bits per heavy atom. The quantitative estimate of drug-likeness (QED) is 0.373. The maximum absolute atomic E-state index is 13.6. The van der Waals surface area contributed by atoms with Crippen molar-refractivity contribution in [2.75, 3.05) is 0 Å². The summed E-state index contributed by atoms with van der Waals surface area (Å²) in [6.07, 6.45) is 0. The van der Waals surface area contributed by atoms with Crippen LogP contribution >= 0.6 is 35.0 Å². The lowest BCUT2D eigenvalue weighted by molar-refractivity contribution is 0.445. The lowest BCUT2D eigenvalue weighted by atomic mass is 9.83. The van der Waals surface area contributed by atoms with Crippen molar-refractivity contribution in [3.05, 3.63) is 90.1 Å². The molecule has 2 aromatic carbocycles. The Labute approximate surface area is 197 Å². The lowest BCUT2D eigenvalue weighted by Gasteiger charge is -2.21. The molecule has 5 rings (SSSR count). The van der Waals surface area contributed by atoms with Gasteiger partial charge in [0.2, 0.25) is 0 Å².